The van der Waals surface area contributed by atoms with E-state index < -0.39 is 0 Å². The van der Waals surface area contributed by atoms with Crippen LogP contribution in [0.5, 0.6) is 11.8 Å². The number of nitrogens with one attached hydrogen (secondary N) is 1. The predicted octanol–water partition coefficient (Wildman–Crippen LogP) is 0.161. The zero-order valence-electron chi connectivity index (χ0n) is 10.1. The van der Waals surface area contributed by atoms with Crippen molar-refractivity contribution < 1.29 is 14.2 Å². The molecule has 0 saturated carbocycles. The molecular formula is C11H17N3O3. The number of hydrogen-bond acceptors (Lipinski definition) is 6. The van der Waals surface area contributed by atoms with Crippen LogP contribution >= 0.6 is 0 Å². The first-order valence-electron chi connectivity index (χ1n) is 5.62. The molecule has 6 nitrogen and oxygen atoms in total. The maximum Gasteiger partial charge on any atom is 0.220 e. The van der Waals surface area contributed by atoms with Gasteiger partial charge in [-0.2, -0.15) is 9.97 Å². The zero-order valence-corrected chi connectivity index (χ0v) is 10.1. The minimum Gasteiger partial charge on any atom is -0.481 e. The van der Waals surface area contributed by atoms with E-state index in [1.54, 1.807) is 20.1 Å². The molecule has 6 heteroatoms. The Morgan fingerprint density at radius 2 is 2.29 bits per heavy atom. The highest BCUT2D eigenvalue weighted by atomic mass is 16.5. The SMILES string of the molecule is COc1cc(OCC2CNCCO2)nc(C)n1. The van der Waals surface area contributed by atoms with Gasteiger partial charge in [-0.3, -0.25) is 0 Å². The van der Waals surface area contributed by atoms with Crippen LogP contribution in [0.3, 0.4) is 0 Å². The van der Waals surface area contributed by atoms with Crippen LogP contribution in [0.2, 0.25) is 0 Å². The van der Waals surface area contributed by atoms with E-state index in [9.17, 15) is 0 Å². The molecule has 0 radical (unpaired) electrons. The molecule has 0 bridgehead atoms. The van der Waals surface area contributed by atoms with Crippen LogP contribution in [0.15, 0.2) is 6.07 Å². The van der Waals surface area contributed by atoms with Crippen LogP contribution in [0.25, 0.3) is 0 Å². The Hall–Kier alpha value is -1.40. The molecule has 2 heterocycles. The fraction of sp³-hybridized carbons (Fsp3) is 0.636. The van der Waals surface area contributed by atoms with Crippen molar-refractivity contribution in [2.45, 2.75) is 13.0 Å². The quantitative estimate of drug-likeness (QED) is 0.807. The lowest BCUT2D eigenvalue weighted by molar-refractivity contribution is -0.000858. The maximum atomic E-state index is 5.57. The summed E-state index contributed by atoms with van der Waals surface area (Å²) in [5, 5.41) is 3.24. The number of nitrogens with zero attached hydrogens (tertiary/aromatic N) is 2. The number of methoxy groups -OCH3 is 1. The fourth-order valence-corrected chi connectivity index (χ4v) is 1.60. The van der Waals surface area contributed by atoms with Crippen molar-refractivity contribution in [3.05, 3.63) is 11.9 Å². The molecule has 94 valence electrons. The molecule has 1 fully saturated rings. The van der Waals surface area contributed by atoms with Gasteiger partial charge < -0.3 is 19.5 Å². The van der Waals surface area contributed by atoms with E-state index in [-0.39, 0.29) is 6.10 Å². The van der Waals surface area contributed by atoms with Gasteiger partial charge in [0.25, 0.3) is 0 Å². The Labute approximate surface area is 100 Å². The van der Waals surface area contributed by atoms with Crippen molar-refractivity contribution in [2.24, 2.45) is 0 Å². The van der Waals surface area contributed by atoms with Gasteiger partial charge in [0.2, 0.25) is 11.8 Å². The Morgan fingerprint density at radius 1 is 1.47 bits per heavy atom. The number of ether oxygens (including phenoxy) is 3. The first-order chi connectivity index (χ1) is 8.28. The van der Waals surface area contributed by atoms with E-state index in [0.29, 0.717) is 24.2 Å². The van der Waals surface area contributed by atoms with Crippen molar-refractivity contribution in [3.63, 3.8) is 0 Å². The smallest absolute Gasteiger partial charge is 0.220 e. The topological polar surface area (TPSA) is 65.5 Å². The predicted molar refractivity (Wildman–Crippen MR) is 61.4 cm³/mol. The average molecular weight is 239 g/mol. The largest absolute Gasteiger partial charge is 0.481 e. The van der Waals surface area contributed by atoms with E-state index in [1.807, 2.05) is 0 Å². The number of hydrogen-bond donors (Lipinski definition) is 1. The van der Waals surface area contributed by atoms with Crippen LogP contribution in [-0.2, 0) is 4.74 Å². The summed E-state index contributed by atoms with van der Waals surface area (Å²) in [4.78, 5) is 8.27. The van der Waals surface area contributed by atoms with Crippen molar-refractivity contribution in [1.82, 2.24) is 15.3 Å². The molecule has 1 aliphatic heterocycles. The summed E-state index contributed by atoms with van der Waals surface area (Å²) in [6.07, 6.45) is 0.0741. The number of aryl methyl sites for hydroxylation is 1. The first-order valence-corrected chi connectivity index (χ1v) is 5.62. The van der Waals surface area contributed by atoms with Crippen LogP contribution in [0, 0.1) is 6.92 Å². The normalized spacial score (nSPS) is 20.0. The van der Waals surface area contributed by atoms with E-state index in [4.69, 9.17) is 14.2 Å². The lowest BCUT2D eigenvalue weighted by atomic mass is 10.3. The second-order valence-electron chi connectivity index (χ2n) is 3.80. The second kappa shape index (κ2) is 5.79. The van der Waals surface area contributed by atoms with Gasteiger partial charge in [0.15, 0.2) is 0 Å². The van der Waals surface area contributed by atoms with Gasteiger partial charge in [0.05, 0.1) is 19.8 Å². The molecule has 0 amide bonds. The van der Waals surface area contributed by atoms with Gasteiger partial charge in [0.1, 0.15) is 18.5 Å². The van der Waals surface area contributed by atoms with Gasteiger partial charge in [0, 0.05) is 13.1 Å². The van der Waals surface area contributed by atoms with E-state index in [2.05, 4.69) is 15.3 Å². The minimum absolute atomic E-state index is 0.0741. The third kappa shape index (κ3) is 3.54. The highest BCUT2D eigenvalue weighted by Crippen LogP contribution is 2.15. The van der Waals surface area contributed by atoms with Crippen LogP contribution in [-0.4, -0.2) is 49.5 Å². The van der Waals surface area contributed by atoms with Crippen LogP contribution in [0.4, 0.5) is 0 Å². The third-order valence-electron chi connectivity index (χ3n) is 2.42. The molecule has 2 rings (SSSR count). The minimum atomic E-state index is 0.0741. The number of morpholine rings is 1. The summed E-state index contributed by atoms with van der Waals surface area (Å²) in [6, 6.07) is 1.67. The van der Waals surface area contributed by atoms with Gasteiger partial charge in [-0.15, -0.1) is 0 Å². The van der Waals surface area contributed by atoms with Crippen molar-refractivity contribution in [2.75, 3.05) is 33.4 Å². The average Bonchev–Trinajstić information content (AvgIpc) is 2.37. The molecule has 1 unspecified atom stereocenters. The van der Waals surface area contributed by atoms with Crippen molar-refractivity contribution >= 4 is 0 Å². The van der Waals surface area contributed by atoms with Gasteiger partial charge in [-0.25, -0.2) is 0 Å². The molecule has 1 saturated heterocycles. The number of rotatable bonds is 4. The van der Waals surface area contributed by atoms with Crippen molar-refractivity contribution in [1.29, 1.82) is 0 Å². The molecule has 1 aliphatic rings. The second-order valence-corrected chi connectivity index (χ2v) is 3.80. The van der Waals surface area contributed by atoms with E-state index >= 15 is 0 Å². The Kier molecular flexibility index (Phi) is 4.11. The summed E-state index contributed by atoms with van der Waals surface area (Å²) in [5.41, 5.74) is 0. The highest BCUT2D eigenvalue weighted by Gasteiger charge is 2.14. The third-order valence-corrected chi connectivity index (χ3v) is 2.42. The summed E-state index contributed by atoms with van der Waals surface area (Å²) >= 11 is 0. The Morgan fingerprint density at radius 3 is 3.00 bits per heavy atom. The highest BCUT2D eigenvalue weighted by molar-refractivity contribution is 5.20. The standard InChI is InChI=1S/C11H17N3O3/c1-8-13-10(15-2)5-11(14-8)17-7-9-6-12-3-4-16-9/h5,9,12H,3-4,6-7H2,1-2H3. The molecular weight excluding hydrogens is 222 g/mol. The molecule has 0 aromatic carbocycles. The van der Waals surface area contributed by atoms with Crippen LogP contribution < -0.4 is 14.8 Å². The lowest BCUT2D eigenvalue weighted by Gasteiger charge is -2.23. The van der Waals surface area contributed by atoms with E-state index in [0.717, 1.165) is 19.7 Å². The van der Waals surface area contributed by atoms with E-state index in [1.165, 1.54) is 0 Å². The molecule has 17 heavy (non-hydrogen) atoms. The Bertz CT molecular complexity index is 367. The lowest BCUT2D eigenvalue weighted by Crippen LogP contribution is -2.41. The molecule has 0 aliphatic carbocycles. The molecule has 1 atom stereocenters. The van der Waals surface area contributed by atoms with Gasteiger partial charge in [-0.05, 0) is 6.92 Å². The molecule has 1 aromatic heterocycles. The summed E-state index contributed by atoms with van der Waals surface area (Å²) in [5.74, 6) is 1.65. The summed E-state index contributed by atoms with van der Waals surface area (Å²) < 4.78 is 16.1. The monoisotopic (exact) mass is 239 g/mol. The zero-order chi connectivity index (χ0) is 12.1. The van der Waals surface area contributed by atoms with Gasteiger partial charge in [-0.1, -0.05) is 0 Å². The molecule has 1 N–H and O–H groups in total. The van der Waals surface area contributed by atoms with Crippen molar-refractivity contribution in [3.8, 4) is 11.8 Å². The fourth-order valence-electron chi connectivity index (χ4n) is 1.60. The molecule has 0 spiro atoms. The summed E-state index contributed by atoms with van der Waals surface area (Å²) in [6.45, 7) is 4.71. The first kappa shape index (κ1) is 12.1. The summed E-state index contributed by atoms with van der Waals surface area (Å²) in [7, 11) is 1.57. The molecule has 1 aromatic rings. The number of aromatic nitrogens is 2. The Balaban J connectivity index is 1.91. The maximum absolute atomic E-state index is 5.57. The van der Waals surface area contributed by atoms with Gasteiger partial charge >= 0.3 is 0 Å². The van der Waals surface area contributed by atoms with Crippen LogP contribution in [0.1, 0.15) is 5.82 Å².